The molecule has 0 spiro atoms. The molecule has 0 atom stereocenters. The fourth-order valence-electron chi connectivity index (χ4n) is 3.34. The Kier molecular flexibility index (Phi) is 6.31. The number of anilines is 1. The molecule has 3 rings (SSSR count). The van der Waals surface area contributed by atoms with Gasteiger partial charge < -0.3 is 10.2 Å². The third kappa shape index (κ3) is 4.69. The Morgan fingerprint density at radius 2 is 1.71 bits per heavy atom. The summed E-state index contributed by atoms with van der Waals surface area (Å²) in [5, 5.41) is 3.10. The van der Waals surface area contributed by atoms with Crippen LogP contribution in [0.25, 0.3) is 0 Å². The third-order valence-electron chi connectivity index (χ3n) is 4.93. The summed E-state index contributed by atoms with van der Waals surface area (Å²) in [5.41, 5.74) is 3.21. The van der Waals surface area contributed by atoms with E-state index in [1.54, 1.807) is 4.90 Å². The van der Waals surface area contributed by atoms with E-state index in [0.717, 1.165) is 22.9 Å². The van der Waals surface area contributed by atoms with E-state index < -0.39 is 5.82 Å². The lowest BCUT2D eigenvalue weighted by Crippen LogP contribution is -2.50. The van der Waals surface area contributed by atoms with Crippen LogP contribution in [-0.2, 0) is 4.79 Å². The first-order valence-electron chi connectivity index (χ1n) is 9.18. The van der Waals surface area contributed by atoms with Crippen LogP contribution in [-0.4, -0.2) is 54.3 Å². The highest BCUT2D eigenvalue weighted by Gasteiger charge is 2.25. The topological polar surface area (TPSA) is 52.7 Å². The van der Waals surface area contributed by atoms with Crippen molar-refractivity contribution in [2.45, 2.75) is 13.8 Å². The Balaban J connectivity index is 1.54. The third-order valence-corrected chi connectivity index (χ3v) is 5.25. The molecule has 1 aliphatic rings. The monoisotopic (exact) mass is 403 g/mol. The molecule has 0 unspecified atom stereocenters. The molecule has 1 N–H and O–H groups in total. The van der Waals surface area contributed by atoms with E-state index in [-0.39, 0.29) is 23.4 Å². The van der Waals surface area contributed by atoms with Crippen molar-refractivity contribution in [1.82, 2.24) is 9.80 Å². The Labute approximate surface area is 169 Å². The van der Waals surface area contributed by atoms with Crippen molar-refractivity contribution in [3.8, 4) is 0 Å². The first-order valence-corrected chi connectivity index (χ1v) is 9.55. The SMILES string of the molecule is Cc1cccc(C)c1NC(=O)CN1CCN(C(=O)c2ccc(F)cc2Cl)CC1. The first kappa shape index (κ1) is 20.3. The zero-order chi connectivity index (χ0) is 20.3. The summed E-state index contributed by atoms with van der Waals surface area (Å²) in [4.78, 5) is 28.7. The van der Waals surface area contributed by atoms with Gasteiger partial charge in [-0.15, -0.1) is 0 Å². The number of nitrogens with one attached hydrogen (secondary N) is 1. The smallest absolute Gasteiger partial charge is 0.255 e. The van der Waals surface area contributed by atoms with Crippen molar-refractivity contribution in [1.29, 1.82) is 0 Å². The number of benzene rings is 2. The first-order chi connectivity index (χ1) is 13.3. The number of para-hydroxylation sites is 1. The van der Waals surface area contributed by atoms with Gasteiger partial charge in [0.25, 0.3) is 5.91 Å². The number of hydrogen-bond acceptors (Lipinski definition) is 3. The molecule has 1 saturated heterocycles. The van der Waals surface area contributed by atoms with Gasteiger partial charge >= 0.3 is 0 Å². The average Bonchev–Trinajstić information content (AvgIpc) is 2.65. The Bertz CT molecular complexity index is 875. The normalized spacial score (nSPS) is 14.8. The van der Waals surface area contributed by atoms with E-state index in [9.17, 15) is 14.0 Å². The molecule has 0 bridgehead atoms. The molecule has 148 valence electrons. The average molecular weight is 404 g/mol. The van der Waals surface area contributed by atoms with Crippen LogP contribution in [0.2, 0.25) is 5.02 Å². The second kappa shape index (κ2) is 8.71. The highest BCUT2D eigenvalue weighted by molar-refractivity contribution is 6.33. The minimum absolute atomic E-state index is 0.0706. The Hall–Kier alpha value is -2.44. The lowest BCUT2D eigenvalue weighted by atomic mass is 10.1. The van der Waals surface area contributed by atoms with Crippen LogP contribution in [0.5, 0.6) is 0 Å². The number of piperazine rings is 1. The van der Waals surface area contributed by atoms with E-state index in [4.69, 9.17) is 11.6 Å². The fraction of sp³-hybridized carbons (Fsp3) is 0.333. The van der Waals surface area contributed by atoms with Gasteiger partial charge in [-0.1, -0.05) is 29.8 Å². The van der Waals surface area contributed by atoms with Gasteiger partial charge in [-0.3, -0.25) is 14.5 Å². The molecule has 0 saturated carbocycles. The highest BCUT2D eigenvalue weighted by Crippen LogP contribution is 2.21. The summed E-state index contributed by atoms with van der Waals surface area (Å²) < 4.78 is 13.2. The molecule has 0 aromatic heterocycles. The quantitative estimate of drug-likeness (QED) is 0.850. The van der Waals surface area contributed by atoms with Gasteiger partial charge in [-0.25, -0.2) is 4.39 Å². The van der Waals surface area contributed by atoms with Crippen LogP contribution in [0.4, 0.5) is 10.1 Å². The van der Waals surface area contributed by atoms with Gasteiger partial charge in [0.1, 0.15) is 5.82 Å². The van der Waals surface area contributed by atoms with Crippen LogP contribution >= 0.6 is 11.6 Å². The highest BCUT2D eigenvalue weighted by atomic mass is 35.5. The lowest BCUT2D eigenvalue weighted by Gasteiger charge is -2.34. The molecular formula is C21H23ClFN3O2. The maximum absolute atomic E-state index is 13.2. The zero-order valence-corrected chi connectivity index (χ0v) is 16.7. The second-order valence-corrected chi connectivity index (χ2v) is 7.41. The lowest BCUT2D eigenvalue weighted by molar-refractivity contribution is -0.117. The summed E-state index contributed by atoms with van der Waals surface area (Å²) in [5.74, 6) is -0.760. The Morgan fingerprint density at radius 1 is 1.07 bits per heavy atom. The van der Waals surface area contributed by atoms with Crippen LogP contribution < -0.4 is 5.32 Å². The van der Waals surface area contributed by atoms with E-state index in [0.29, 0.717) is 31.7 Å². The molecule has 2 amide bonds. The Morgan fingerprint density at radius 3 is 2.32 bits per heavy atom. The zero-order valence-electron chi connectivity index (χ0n) is 16.0. The summed E-state index contributed by atoms with van der Waals surface area (Å²) in [6, 6.07) is 9.67. The maximum Gasteiger partial charge on any atom is 0.255 e. The number of halogens is 2. The second-order valence-electron chi connectivity index (χ2n) is 7.01. The number of hydrogen-bond donors (Lipinski definition) is 1. The number of rotatable bonds is 4. The van der Waals surface area contributed by atoms with Gasteiger partial charge in [0.2, 0.25) is 5.91 Å². The van der Waals surface area contributed by atoms with Crippen LogP contribution in [0, 0.1) is 19.7 Å². The molecule has 1 aliphatic heterocycles. The molecule has 2 aromatic carbocycles. The molecule has 0 radical (unpaired) electrons. The molecular weight excluding hydrogens is 381 g/mol. The van der Waals surface area contributed by atoms with Crippen molar-refractivity contribution < 1.29 is 14.0 Å². The van der Waals surface area contributed by atoms with Gasteiger partial charge in [-0.05, 0) is 43.2 Å². The molecule has 1 heterocycles. The van der Waals surface area contributed by atoms with E-state index in [1.165, 1.54) is 12.1 Å². The molecule has 7 heteroatoms. The van der Waals surface area contributed by atoms with E-state index >= 15 is 0 Å². The molecule has 0 aliphatic carbocycles. The van der Waals surface area contributed by atoms with Crippen molar-refractivity contribution in [2.75, 3.05) is 38.0 Å². The van der Waals surface area contributed by atoms with Crippen molar-refractivity contribution in [2.24, 2.45) is 0 Å². The van der Waals surface area contributed by atoms with Gasteiger partial charge in [0.05, 0.1) is 17.1 Å². The van der Waals surface area contributed by atoms with Gasteiger partial charge in [0.15, 0.2) is 0 Å². The minimum atomic E-state index is -0.471. The van der Waals surface area contributed by atoms with Crippen molar-refractivity contribution >= 4 is 29.1 Å². The van der Waals surface area contributed by atoms with Crippen LogP contribution in [0.15, 0.2) is 36.4 Å². The molecule has 5 nitrogen and oxygen atoms in total. The van der Waals surface area contributed by atoms with Crippen LogP contribution in [0.1, 0.15) is 21.5 Å². The number of nitrogens with zero attached hydrogens (tertiary/aromatic N) is 2. The van der Waals surface area contributed by atoms with Gasteiger partial charge in [0, 0.05) is 31.9 Å². The number of carbonyl (C=O) groups excluding carboxylic acids is 2. The summed E-state index contributed by atoms with van der Waals surface area (Å²) >= 11 is 5.99. The minimum Gasteiger partial charge on any atom is -0.336 e. The predicted molar refractivity (Wildman–Crippen MR) is 108 cm³/mol. The molecule has 28 heavy (non-hydrogen) atoms. The molecule has 1 fully saturated rings. The largest absolute Gasteiger partial charge is 0.336 e. The number of aryl methyl sites for hydroxylation is 2. The van der Waals surface area contributed by atoms with Crippen molar-refractivity contribution in [3.63, 3.8) is 0 Å². The van der Waals surface area contributed by atoms with Crippen LogP contribution in [0.3, 0.4) is 0 Å². The fourth-order valence-corrected chi connectivity index (χ4v) is 3.58. The summed E-state index contributed by atoms with van der Waals surface area (Å²) in [6.45, 7) is 6.36. The number of carbonyl (C=O) groups is 2. The van der Waals surface area contributed by atoms with Gasteiger partial charge in [-0.2, -0.15) is 0 Å². The predicted octanol–water partition coefficient (Wildman–Crippen LogP) is 3.49. The van der Waals surface area contributed by atoms with Crippen molar-refractivity contribution in [3.05, 3.63) is 63.9 Å². The maximum atomic E-state index is 13.2. The summed E-state index contributed by atoms with van der Waals surface area (Å²) in [7, 11) is 0. The molecule has 2 aromatic rings. The van der Waals surface area contributed by atoms with E-state index in [1.807, 2.05) is 36.9 Å². The number of amides is 2. The standard InChI is InChI=1S/C21H23ClFN3O2/c1-14-4-3-5-15(2)20(14)24-19(27)13-25-8-10-26(11-9-25)21(28)17-7-6-16(23)12-18(17)22/h3-7,12H,8-11,13H2,1-2H3,(H,24,27). The van der Waals surface area contributed by atoms with E-state index in [2.05, 4.69) is 5.32 Å². The summed E-state index contributed by atoms with van der Waals surface area (Å²) in [6.07, 6.45) is 0.